The molecule has 0 aromatic carbocycles. The van der Waals surface area contributed by atoms with Crippen LogP contribution in [0.2, 0.25) is 0 Å². The van der Waals surface area contributed by atoms with Crippen LogP contribution >= 0.6 is 22.6 Å². The van der Waals surface area contributed by atoms with E-state index in [-0.39, 0.29) is 12.3 Å². The predicted molar refractivity (Wildman–Crippen MR) is 72.3 cm³/mol. The van der Waals surface area contributed by atoms with E-state index in [1.807, 2.05) is 36.4 Å². The molecule has 0 saturated carbocycles. The third-order valence-corrected chi connectivity index (χ3v) is 4.47. The lowest BCUT2D eigenvalue weighted by molar-refractivity contribution is -0.148. The number of hydrogen-bond acceptors (Lipinski definition) is 2. The SMILES string of the molecule is CC(C)C1=CC(C)(C(=O)O)CC(I)(C(=O)O)C1. The van der Waals surface area contributed by atoms with E-state index in [1.54, 1.807) is 13.0 Å². The highest BCUT2D eigenvalue weighted by atomic mass is 127. The second kappa shape index (κ2) is 4.59. The minimum absolute atomic E-state index is 0.126. The molecular formula is C12H17IO4. The number of allylic oxidation sites excluding steroid dienone is 1. The van der Waals surface area contributed by atoms with Gasteiger partial charge < -0.3 is 10.2 Å². The smallest absolute Gasteiger partial charge is 0.319 e. The fraction of sp³-hybridized carbons (Fsp3) is 0.667. The van der Waals surface area contributed by atoms with E-state index in [1.165, 1.54) is 0 Å². The molecule has 0 spiro atoms. The van der Waals surface area contributed by atoms with E-state index in [2.05, 4.69) is 0 Å². The Labute approximate surface area is 114 Å². The summed E-state index contributed by atoms with van der Waals surface area (Å²) in [6, 6.07) is 0. The van der Waals surface area contributed by atoms with Gasteiger partial charge in [0.25, 0.3) is 0 Å². The van der Waals surface area contributed by atoms with Crippen molar-refractivity contribution in [3.05, 3.63) is 11.6 Å². The van der Waals surface area contributed by atoms with Crippen LogP contribution in [0.15, 0.2) is 11.6 Å². The van der Waals surface area contributed by atoms with Gasteiger partial charge in [0.2, 0.25) is 0 Å². The first-order valence-corrected chi connectivity index (χ1v) is 6.56. The van der Waals surface area contributed by atoms with Crippen LogP contribution < -0.4 is 0 Å². The van der Waals surface area contributed by atoms with E-state index in [4.69, 9.17) is 0 Å². The van der Waals surface area contributed by atoms with Gasteiger partial charge in [-0.1, -0.05) is 48.1 Å². The van der Waals surface area contributed by atoms with Gasteiger partial charge in [-0.2, -0.15) is 0 Å². The summed E-state index contributed by atoms with van der Waals surface area (Å²) in [6.07, 6.45) is 2.28. The minimum Gasteiger partial charge on any atom is -0.481 e. The van der Waals surface area contributed by atoms with Crippen molar-refractivity contribution in [2.45, 2.75) is 37.0 Å². The molecule has 0 amide bonds. The van der Waals surface area contributed by atoms with Crippen molar-refractivity contribution >= 4 is 34.5 Å². The number of hydrogen-bond donors (Lipinski definition) is 2. The van der Waals surface area contributed by atoms with Crippen molar-refractivity contribution < 1.29 is 19.8 Å². The van der Waals surface area contributed by atoms with Crippen molar-refractivity contribution in [3.63, 3.8) is 0 Å². The molecule has 1 aliphatic rings. The summed E-state index contributed by atoms with van der Waals surface area (Å²) >= 11 is 1.88. The molecule has 17 heavy (non-hydrogen) atoms. The highest BCUT2D eigenvalue weighted by molar-refractivity contribution is 14.1. The first-order chi connectivity index (χ1) is 7.61. The fourth-order valence-electron chi connectivity index (χ4n) is 2.14. The van der Waals surface area contributed by atoms with E-state index >= 15 is 0 Å². The third kappa shape index (κ3) is 2.81. The molecule has 1 aliphatic carbocycles. The maximum atomic E-state index is 11.3. The molecule has 0 aromatic heterocycles. The highest BCUT2D eigenvalue weighted by Gasteiger charge is 2.49. The lowest BCUT2D eigenvalue weighted by atomic mass is 9.70. The molecular weight excluding hydrogens is 335 g/mol. The molecule has 0 aromatic rings. The average Bonchev–Trinajstić information content (AvgIpc) is 2.15. The van der Waals surface area contributed by atoms with Gasteiger partial charge >= 0.3 is 11.9 Å². The second-order valence-electron chi connectivity index (χ2n) is 5.22. The van der Waals surface area contributed by atoms with E-state index in [0.717, 1.165) is 5.57 Å². The molecule has 4 nitrogen and oxygen atoms in total. The topological polar surface area (TPSA) is 74.6 Å². The van der Waals surface area contributed by atoms with Gasteiger partial charge in [0.1, 0.15) is 3.42 Å². The Balaban J connectivity index is 3.24. The second-order valence-corrected chi connectivity index (χ2v) is 7.29. The Hall–Kier alpha value is -0.590. The van der Waals surface area contributed by atoms with E-state index in [0.29, 0.717) is 6.42 Å². The van der Waals surface area contributed by atoms with Crippen molar-refractivity contribution in [1.82, 2.24) is 0 Å². The largest absolute Gasteiger partial charge is 0.481 e. The van der Waals surface area contributed by atoms with Crippen LogP contribution in [0.5, 0.6) is 0 Å². The first-order valence-electron chi connectivity index (χ1n) is 5.48. The molecule has 2 N–H and O–H groups in total. The average molecular weight is 352 g/mol. The zero-order valence-electron chi connectivity index (χ0n) is 10.2. The van der Waals surface area contributed by atoms with Gasteiger partial charge in [0.05, 0.1) is 5.41 Å². The number of carboxylic acids is 2. The van der Waals surface area contributed by atoms with E-state index < -0.39 is 20.8 Å². The van der Waals surface area contributed by atoms with Gasteiger partial charge in [0.15, 0.2) is 0 Å². The number of alkyl halides is 1. The standard InChI is InChI=1S/C12H17IO4/c1-7(2)8-4-11(3,9(14)15)6-12(13,5-8)10(16)17/h4,7H,5-6H2,1-3H3,(H,14,15)(H,16,17). The molecule has 0 radical (unpaired) electrons. The lowest BCUT2D eigenvalue weighted by Crippen LogP contribution is -2.44. The monoisotopic (exact) mass is 352 g/mol. The molecule has 1 rings (SSSR count). The minimum atomic E-state index is -1.09. The van der Waals surface area contributed by atoms with Gasteiger partial charge in [-0.3, -0.25) is 9.59 Å². The Morgan fingerprint density at radius 2 is 1.88 bits per heavy atom. The number of aliphatic carboxylic acids is 2. The lowest BCUT2D eigenvalue weighted by Gasteiger charge is -2.38. The molecule has 96 valence electrons. The van der Waals surface area contributed by atoms with Crippen molar-refractivity contribution in [2.24, 2.45) is 11.3 Å². The Kier molecular flexibility index (Phi) is 3.91. The zero-order chi connectivity index (χ0) is 13.4. The highest BCUT2D eigenvalue weighted by Crippen LogP contribution is 2.47. The Morgan fingerprint density at radius 3 is 2.24 bits per heavy atom. The van der Waals surface area contributed by atoms with Gasteiger partial charge in [-0.25, -0.2) is 0 Å². The van der Waals surface area contributed by atoms with E-state index in [9.17, 15) is 19.8 Å². The van der Waals surface area contributed by atoms with Crippen LogP contribution in [-0.4, -0.2) is 25.6 Å². The van der Waals surface area contributed by atoms with Gasteiger partial charge in [-0.15, -0.1) is 0 Å². The number of rotatable bonds is 3. The van der Waals surface area contributed by atoms with Crippen molar-refractivity contribution in [1.29, 1.82) is 0 Å². The molecule has 2 atom stereocenters. The number of carbonyl (C=O) groups is 2. The summed E-state index contributed by atoms with van der Waals surface area (Å²) in [5, 5.41) is 18.6. The summed E-state index contributed by atoms with van der Waals surface area (Å²) in [5.74, 6) is -1.73. The van der Waals surface area contributed by atoms with Crippen LogP contribution in [0.1, 0.15) is 33.6 Å². The zero-order valence-corrected chi connectivity index (χ0v) is 12.3. The molecule has 0 saturated heterocycles. The van der Waals surface area contributed by atoms with Crippen molar-refractivity contribution in [2.75, 3.05) is 0 Å². The Morgan fingerprint density at radius 1 is 1.35 bits per heavy atom. The maximum Gasteiger partial charge on any atom is 0.319 e. The normalized spacial score (nSPS) is 33.4. The van der Waals surface area contributed by atoms with Crippen LogP contribution in [-0.2, 0) is 9.59 Å². The van der Waals surface area contributed by atoms with Crippen LogP contribution in [0.3, 0.4) is 0 Å². The number of carboxylic acid groups (broad SMARTS) is 2. The fourth-order valence-corrected chi connectivity index (χ4v) is 3.37. The molecule has 2 unspecified atom stereocenters. The molecule has 5 heteroatoms. The third-order valence-electron chi connectivity index (χ3n) is 3.25. The summed E-state index contributed by atoms with van der Waals surface area (Å²) in [5.41, 5.74) is -0.171. The maximum absolute atomic E-state index is 11.3. The predicted octanol–water partition coefficient (Wildman–Crippen LogP) is 2.71. The quantitative estimate of drug-likeness (QED) is 0.465. The first kappa shape index (κ1) is 14.5. The number of halogens is 1. The van der Waals surface area contributed by atoms with Crippen LogP contribution in [0.4, 0.5) is 0 Å². The molecule has 0 fully saturated rings. The van der Waals surface area contributed by atoms with Gasteiger partial charge in [0, 0.05) is 0 Å². The molecule has 0 heterocycles. The van der Waals surface area contributed by atoms with Gasteiger partial charge in [-0.05, 0) is 25.7 Å². The summed E-state index contributed by atoms with van der Waals surface area (Å²) < 4.78 is -1.01. The Bertz CT molecular complexity index is 388. The summed E-state index contributed by atoms with van der Waals surface area (Å²) in [6.45, 7) is 5.50. The molecule has 0 aliphatic heterocycles. The van der Waals surface area contributed by atoms with Crippen LogP contribution in [0.25, 0.3) is 0 Å². The van der Waals surface area contributed by atoms with Crippen molar-refractivity contribution in [3.8, 4) is 0 Å². The summed E-state index contributed by atoms with van der Waals surface area (Å²) in [7, 11) is 0. The molecule has 0 bridgehead atoms. The van der Waals surface area contributed by atoms with Crippen LogP contribution in [0, 0.1) is 11.3 Å². The summed E-state index contributed by atoms with van der Waals surface area (Å²) in [4.78, 5) is 22.6.